The minimum Gasteiger partial charge on any atom is -0.464 e. The standard InChI is InChI=1S/C12H14N2O2/c1-7-5-4-6-8-9(7)10(13)11(14(8)2)12(15)16-3/h4-6H,13H2,1-3H3. The molecule has 0 aliphatic rings. The number of hydrogen-bond acceptors (Lipinski definition) is 3. The predicted molar refractivity (Wildman–Crippen MR) is 63.4 cm³/mol. The number of fused-ring (bicyclic) bond motifs is 1. The van der Waals surface area contributed by atoms with Gasteiger partial charge in [-0.15, -0.1) is 0 Å². The highest BCUT2D eigenvalue weighted by Crippen LogP contribution is 2.30. The van der Waals surface area contributed by atoms with Gasteiger partial charge >= 0.3 is 5.97 Å². The van der Waals surface area contributed by atoms with Crippen molar-refractivity contribution in [2.45, 2.75) is 6.92 Å². The smallest absolute Gasteiger partial charge is 0.356 e. The number of esters is 1. The summed E-state index contributed by atoms with van der Waals surface area (Å²) in [5, 5.41) is 0.922. The Hall–Kier alpha value is -1.97. The van der Waals surface area contributed by atoms with Crippen molar-refractivity contribution in [1.29, 1.82) is 0 Å². The molecule has 2 N–H and O–H groups in total. The summed E-state index contributed by atoms with van der Waals surface area (Å²) in [5.41, 5.74) is 8.89. The van der Waals surface area contributed by atoms with E-state index in [1.54, 1.807) is 4.57 Å². The monoisotopic (exact) mass is 218 g/mol. The summed E-state index contributed by atoms with van der Waals surface area (Å²) in [7, 11) is 3.16. The van der Waals surface area contributed by atoms with Crippen LogP contribution in [0.5, 0.6) is 0 Å². The fraction of sp³-hybridized carbons (Fsp3) is 0.250. The van der Waals surface area contributed by atoms with Crippen molar-refractivity contribution < 1.29 is 9.53 Å². The molecule has 2 aromatic rings. The Kier molecular flexibility index (Phi) is 2.34. The van der Waals surface area contributed by atoms with Crippen molar-refractivity contribution in [1.82, 2.24) is 4.57 Å². The fourth-order valence-electron chi connectivity index (χ4n) is 2.05. The van der Waals surface area contributed by atoms with Gasteiger partial charge in [0.25, 0.3) is 0 Å². The van der Waals surface area contributed by atoms with Gasteiger partial charge in [0.2, 0.25) is 0 Å². The minimum absolute atomic E-state index is 0.407. The number of rotatable bonds is 1. The van der Waals surface area contributed by atoms with Crippen LogP contribution in [0.4, 0.5) is 5.69 Å². The van der Waals surface area contributed by atoms with Crippen molar-refractivity contribution in [2.75, 3.05) is 12.8 Å². The third-order valence-corrected chi connectivity index (χ3v) is 2.85. The van der Waals surface area contributed by atoms with Gasteiger partial charge in [-0.2, -0.15) is 0 Å². The molecule has 16 heavy (non-hydrogen) atoms. The summed E-state index contributed by atoms with van der Waals surface area (Å²) in [5.74, 6) is -0.407. The number of nitrogens with two attached hydrogens (primary N) is 1. The molecule has 1 aromatic carbocycles. The van der Waals surface area contributed by atoms with Crippen molar-refractivity contribution in [2.24, 2.45) is 7.05 Å². The molecule has 1 aromatic heterocycles. The van der Waals surface area contributed by atoms with Crippen molar-refractivity contribution in [3.63, 3.8) is 0 Å². The van der Waals surface area contributed by atoms with Crippen LogP contribution in [0, 0.1) is 6.92 Å². The highest BCUT2D eigenvalue weighted by atomic mass is 16.5. The van der Waals surface area contributed by atoms with E-state index in [4.69, 9.17) is 10.5 Å². The number of hydrogen-bond donors (Lipinski definition) is 1. The third-order valence-electron chi connectivity index (χ3n) is 2.85. The molecule has 0 bridgehead atoms. The van der Waals surface area contributed by atoms with Gasteiger partial charge in [0.15, 0.2) is 5.69 Å². The zero-order valence-corrected chi connectivity index (χ0v) is 9.57. The number of benzene rings is 1. The zero-order valence-electron chi connectivity index (χ0n) is 9.57. The average molecular weight is 218 g/mol. The topological polar surface area (TPSA) is 57.2 Å². The number of methoxy groups -OCH3 is 1. The van der Waals surface area contributed by atoms with Crippen LogP contribution in [-0.4, -0.2) is 17.6 Å². The highest BCUT2D eigenvalue weighted by molar-refractivity contribution is 6.07. The van der Waals surface area contributed by atoms with E-state index >= 15 is 0 Å². The molecule has 0 saturated carbocycles. The van der Waals surface area contributed by atoms with E-state index < -0.39 is 5.97 Å². The lowest BCUT2D eigenvalue weighted by atomic mass is 10.1. The number of nitrogen functional groups attached to an aromatic ring is 1. The van der Waals surface area contributed by atoms with Crippen LogP contribution in [0.1, 0.15) is 16.1 Å². The molecule has 0 aliphatic heterocycles. The van der Waals surface area contributed by atoms with Crippen LogP contribution in [0.15, 0.2) is 18.2 Å². The van der Waals surface area contributed by atoms with Crippen LogP contribution >= 0.6 is 0 Å². The van der Waals surface area contributed by atoms with Gasteiger partial charge < -0.3 is 15.0 Å². The van der Waals surface area contributed by atoms with Gasteiger partial charge in [0, 0.05) is 12.4 Å². The molecule has 0 atom stereocenters. The Balaban J connectivity index is 2.87. The molecule has 4 heteroatoms. The first kappa shape index (κ1) is 10.5. The lowest BCUT2D eigenvalue weighted by Crippen LogP contribution is -2.09. The molecule has 0 saturated heterocycles. The SMILES string of the molecule is COC(=O)c1c(N)c2c(C)cccc2n1C. The van der Waals surface area contributed by atoms with Gasteiger partial charge in [0.05, 0.1) is 18.3 Å². The summed E-state index contributed by atoms with van der Waals surface area (Å²) < 4.78 is 6.49. The normalized spacial score (nSPS) is 10.7. The van der Waals surface area contributed by atoms with E-state index in [2.05, 4.69) is 0 Å². The first-order valence-electron chi connectivity index (χ1n) is 4.99. The van der Waals surface area contributed by atoms with Crippen molar-refractivity contribution >= 4 is 22.6 Å². The van der Waals surface area contributed by atoms with E-state index in [1.807, 2.05) is 32.2 Å². The third kappa shape index (κ3) is 1.26. The van der Waals surface area contributed by atoms with E-state index in [9.17, 15) is 4.79 Å². The molecule has 0 unspecified atom stereocenters. The molecule has 1 heterocycles. The molecule has 0 spiro atoms. The van der Waals surface area contributed by atoms with Crippen LogP contribution in [0.2, 0.25) is 0 Å². The first-order valence-corrected chi connectivity index (χ1v) is 4.99. The number of nitrogens with zero attached hydrogens (tertiary/aromatic N) is 1. The first-order chi connectivity index (χ1) is 7.57. The van der Waals surface area contributed by atoms with Crippen LogP contribution < -0.4 is 5.73 Å². The molecule has 84 valence electrons. The van der Waals surface area contributed by atoms with Gasteiger partial charge in [-0.05, 0) is 18.6 Å². The van der Waals surface area contributed by atoms with Gasteiger partial charge in [-0.3, -0.25) is 0 Å². The average Bonchev–Trinajstić information content (AvgIpc) is 2.52. The highest BCUT2D eigenvalue weighted by Gasteiger charge is 2.20. The van der Waals surface area contributed by atoms with Gasteiger partial charge in [-0.25, -0.2) is 4.79 Å². The lowest BCUT2D eigenvalue weighted by molar-refractivity contribution is 0.0592. The molecule has 0 radical (unpaired) electrons. The second-order valence-electron chi connectivity index (χ2n) is 3.78. The van der Waals surface area contributed by atoms with E-state index in [0.29, 0.717) is 11.4 Å². The number of carbonyl (C=O) groups is 1. The number of carbonyl (C=O) groups excluding carboxylic acids is 1. The maximum Gasteiger partial charge on any atom is 0.356 e. The Morgan fingerprint density at radius 1 is 1.44 bits per heavy atom. The largest absolute Gasteiger partial charge is 0.464 e. The van der Waals surface area contributed by atoms with Crippen molar-refractivity contribution in [3.8, 4) is 0 Å². The summed E-state index contributed by atoms with van der Waals surface area (Å²) in [6, 6.07) is 5.85. The van der Waals surface area contributed by atoms with Crippen molar-refractivity contribution in [3.05, 3.63) is 29.5 Å². The van der Waals surface area contributed by atoms with Gasteiger partial charge in [-0.1, -0.05) is 12.1 Å². The maximum absolute atomic E-state index is 11.6. The predicted octanol–water partition coefficient (Wildman–Crippen LogP) is 1.86. The number of aryl methyl sites for hydroxylation is 2. The Bertz CT molecular complexity index is 570. The zero-order chi connectivity index (χ0) is 11.9. The molecular formula is C12H14N2O2. The number of ether oxygens (including phenoxy) is 1. The summed E-state index contributed by atoms with van der Waals surface area (Å²) in [6.07, 6.45) is 0. The summed E-state index contributed by atoms with van der Waals surface area (Å²) >= 11 is 0. The molecule has 0 aliphatic carbocycles. The van der Waals surface area contributed by atoms with Crippen LogP contribution in [0.25, 0.3) is 10.9 Å². The summed E-state index contributed by atoms with van der Waals surface area (Å²) in [6.45, 7) is 1.97. The van der Waals surface area contributed by atoms with E-state index in [0.717, 1.165) is 16.5 Å². The Labute approximate surface area is 93.6 Å². The second kappa shape index (κ2) is 3.56. The molecular weight excluding hydrogens is 204 g/mol. The number of aromatic nitrogens is 1. The second-order valence-corrected chi connectivity index (χ2v) is 3.78. The minimum atomic E-state index is -0.407. The maximum atomic E-state index is 11.6. The molecule has 2 rings (SSSR count). The summed E-state index contributed by atoms with van der Waals surface area (Å²) in [4.78, 5) is 11.6. The van der Waals surface area contributed by atoms with E-state index in [1.165, 1.54) is 7.11 Å². The Morgan fingerprint density at radius 2 is 2.12 bits per heavy atom. The van der Waals surface area contributed by atoms with Gasteiger partial charge in [0.1, 0.15) is 0 Å². The van der Waals surface area contributed by atoms with Crippen LogP contribution in [-0.2, 0) is 11.8 Å². The quantitative estimate of drug-likeness (QED) is 0.743. The fourth-order valence-corrected chi connectivity index (χ4v) is 2.05. The molecule has 4 nitrogen and oxygen atoms in total. The van der Waals surface area contributed by atoms with E-state index in [-0.39, 0.29) is 0 Å². The molecule has 0 amide bonds. The Morgan fingerprint density at radius 3 is 2.69 bits per heavy atom. The number of anilines is 1. The van der Waals surface area contributed by atoms with Crippen LogP contribution in [0.3, 0.4) is 0 Å². The molecule has 0 fully saturated rings. The lowest BCUT2D eigenvalue weighted by Gasteiger charge is -2.02.